The Labute approximate surface area is 214 Å². The molecule has 7 nitrogen and oxygen atoms in total. The van der Waals surface area contributed by atoms with Gasteiger partial charge in [-0.3, -0.25) is 4.98 Å². The Hall–Kier alpha value is -3.07. The number of aryl methyl sites for hydroxylation is 2. The van der Waals surface area contributed by atoms with E-state index in [-0.39, 0.29) is 6.04 Å². The summed E-state index contributed by atoms with van der Waals surface area (Å²) < 4.78 is 10.0. The molecule has 6 rings (SSSR count). The average Bonchev–Trinajstić information content (AvgIpc) is 3.53. The number of pyridine rings is 1. The van der Waals surface area contributed by atoms with Crippen LogP contribution < -0.4 is 0 Å². The van der Waals surface area contributed by atoms with Crippen molar-refractivity contribution in [3.8, 4) is 11.3 Å². The lowest BCUT2D eigenvalue weighted by molar-refractivity contribution is 0.0553. The van der Waals surface area contributed by atoms with Crippen LogP contribution in [0.2, 0.25) is 0 Å². The normalized spacial score (nSPS) is 16.2. The first-order chi connectivity index (χ1) is 17.3. The summed E-state index contributed by atoms with van der Waals surface area (Å²) in [5.74, 6) is 0.427. The molecule has 1 aliphatic heterocycles. The van der Waals surface area contributed by atoms with Crippen molar-refractivity contribution in [3.63, 3.8) is 0 Å². The average molecular weight is 502 g/mol. The van der Waals surface area contributed by atoms with Gasteiger partial charge in [-0.25, -0.2) is 4.68 Å². The van der Waals surface area contributed by atoms with Crippen molar-refractivity contribution in [2.24, 2.45) is 13.0 Å². The van der Waals surface area contributed by atoms with Gasteiger partial charge in [0, 0.05) is 42.3 Å². The lowest BCUT2D eigenvalue weighted by Gasteiger charge is -2.33. The van der Waals surface area contributed by atoms with E-state index in [2.05, 4.69) is 57.3 Å². The van der Waals surface area contributed by atoms with Gasteiger partial charge in [-0.05, 0) is 57.2 Å². The standard InChI is InChI=1S/C28H31N5O2S/c1-17-25(32(4)31-30-17)20-14-22-24(29-16-20)21-15-23(28(2,3)34)36-27(21)33(22)26(18-8-6-5-7-9-18)19-10-12-35-13-11-19/h5-9,14-16,19,26,34H,10-13H2,1-4H3. The van der Waals surface area contributed by atoms with Crippen LogP contribution in [0.1, 0.15) is 48.9 Å². The fourth-order valence-corrected chi connectivity index (χ4v) is 6.77. The van der Waals surface area contributed by atoms with E-state index < -0.39 is 5.60 Å². The quantitative estimate of drug-likeness (QED) is 0.339. The zero-order valence-corrected chi connectivity index (χ0v) is 21.9. The van der Waals surface area contributed by atoms with Crippen molar-refractivity contribution in [1.29, 1.82) is 0 Å². The van der Waals surface area contributed by atoms with Gasteiger partial charge in [0.2, 0.25) is 0 Å². The Morgan fingerprint density at radius 1 is 1.14 bits per heavy atom. The van der Waals surface area contributed by atoms with Crippen LogP contribution in [0, 0.1) is 12.8 Å². The lowest BCUT2D eigenvalue weighted by Crippen LogP contribution is -2.26. The maximum atomic E-state index is 10.9. The van der Waals surface area contributed by atoms with E-state index in [1.807, 2.05) is 38.7 Å². The van der Waals surface area contributed by atoms with Gasteiger partial charge >= 0.3 is 0 Å². The number of hydrogen-bond acceptors (Lipinski definition) is 6. The monoisotopic (exact) mass is 501 g/mol. The van der Waals surface area contributed by atoms with E-state index in [1.165, 1.54) is 5.56 Å². The topological polar surface area (TPSA) is 78.0 Å². The highest BCUT2D eigenvalue weighted by Gasteiger charge is 2.32. The highest BCUT2D eigenvalue weighted by atomic mass is 32.1. The molecule has 0 amide bonds. The van der Waals surface area contributed by atoms with Crippen LogP contribution in [-0.2, 0) is 17.4 Å². The third kappa shape index (κ3) is 3.84. The number of aliphatic hydroxyl groups is 1. The minimum atomic E-state index is -0.917. The molecular formula is C28H31N5O2S. The number of thiophene rings is 1. The van der Waals surface area contributed by atoms with Gasteiger partial charge in [-0.2, -0.15) is 0 Å². The third-order valence-corrected chi connectivity index (χ3v) is 8.76. The predicted octanol–water partition coefficient (Wildman–Crippen LogP) is 5.60. The second-order valence-electron chi connectivity index (χ2n) is 10.3. The fraction of sp³-hybridized carbons (Fsp3) is 0.393. The Balaban J connectivity index is 1.67. The third-order valence-electron chi connectivity index (χ3n) is 7.32. The molecule has 1 atom stereocenters. The molecule has 0 aliphatic carbocycles. The predicted molar refractivity (Wildman–Crippen MR) is 143 cm³/mol. The molecule has 8 heteroatoms. The van der Waals surface area contributed by atoms with Crippen LogP contribution in [0.5, 0.6) is 0 Å². The van der Waals surface area contributed by atoms with Crippen molar-refractivity contribution < 1.29 is 9.84 Å². The van der Waals surface area contributed by atoms with E-state index in [1.54, 1.807) is 11.3 Å². The first-order valence-corrected chi connectivity index (χ1v) is 13.3. The van der Waals surface area contributed by atoms with E-state index in [0.717, 1.165) is 69.1 Å². The van der Waals surface area contributed by atoms with E-state index in [4.69, 9.17) is 9.72 Å². The lowest BCUT2D eigenvalue weighted by atomic mass is 9.86. The molecule has 4 aromatic heterocycles. The smallest absolute Gasteiger partial charge is 0.106 e. The molecule has 36 heavy (non-hydrogen) atoms. The molecule has 5 aromatic rings. The maximum Gasteiger partial charge on any atom is 0.106 e. The minimum Gasteiger partial charge on any atom is -0.385 e. The van der Waals surface area contributed by atoms with Crippen molar-refractivity contribution in [2.75, 3.05) is 13.2 Å². The fourth-order valence-electron chi connectivity index (χ4n) is 5.56. The van der Waals surface area contributed by atoms with Crippen LogP contribution in [0.25, 0.3) is 32.5 Å². The molecular weight excluding hydrogens is 470 g/mol. The van der Waals surface area contributed by atoms with Crippen LogP contribution in [0.15, 0.2) is 48.7 Å². The zero-order valence-electron chi connectivity index (χ0n) is 21.1. The van der Waals surface area contributed by atoms with Gasteiger partial charge in [0.15, 0.2) is 0 Å². The Morgan fingerprint density at radius 2 is 1.89 bits per heavy atom. The molecule has 186 valence electrons. The summed E-state index contributed by atoms with van der Waals surface area (Å²) in [4.78, 5) is 7.08. The number of rotatable bonds is 5. The first kappa shape index (κ1) is 23.3. The van der Waals surface area contributed by atoms with Crippen LogP contribution >= 0.6 is 11.3 Å². The van der Waals surface area contributed by atoms with Crippen molar-refractivity contribution in [1.82, 2.24) is 24.5 Å². The van der Waals surface area contributed by atoms with Crippen LogP contribution in [-0.4, -0.2) is 42.9 Å². The van der Waals surface area contributed by atoms with Gasteiger partial charge in [0.25, 0.3) is 0 Å². The molecule has 1 aliphatic rings. The van der Waals surface area contributed by atoms with Crippen molar-refractivity contribution in [2.45, 2.75) is 45.3 Å². The number of fused-ring (bicyclic) bond motifs is 3. The number of ether oxygens (including phenoxy) is 1. The molecule has 1 fully saturated rings. The van der Waals surface area contributed by atoms with E-state index in [0.29, 0.717) is 5.92 Å². The number of aromatic nitrogens is 5. The summed E-state index contributed by atoms with van der Waals surface area (Å²) in [5, 5.41) is 20.4. The van der Waals surface area contributed by atoms with Crippen LogP contribution in [0.3, 0.4) is 0 Å². The summed E-state index contributed by atoms with van der Waals surface area (Å²) in [6.45, 7) is 7.23. The van der Waals surface area contributed by atoms with Gasteiger partial charge < -0.3 is 14.4 Å². The molecule has 0 spiro atoms. The van der Waals surface area contributed by atoms with Crippen LogP contribution in [0.4, 0.5) is 0 Å². The Morgan fingerprint density at radius 3 is 2.56 bits per heavy atom. The van der Waals surface area contributed by atoms with Crippen molar-refractivity contribution in [3.05, 3.63) is 64.8 Å². The SMILES string of the molecule is Cc1nnn(C)c1-c1cnc2c3cc(C(C)(C)O)sc3n(C(c3ccccc3)C3CCOCC3)c2c1. The van der Waals surface area contributed by atoms with Gasteiger partial charge in [-0.15, -0.1) is 16.4 Å². The van der Waals surface area contributed by atoms with Gasteiger partial charge in [0.05, 0.1) is 34.1 Å². The molecule has 1 N–H and O–H groups in total. The molecule has 1 aromatic carbocycles. The summed E-state index contributed by atoms with van der Waals surface area (Å²) in [6, 6.07) is 15.3. The summed E-state index contributed by atoms with van der Waals surface area (Å²) in [5.41, 5.74) is 5.27. The molecule has 0 bridgehead atoms. The van der Waals surface area contributed by atoms with E-state index in [9.17, 15) is 5.11 Å². The summed E-state index contributed by atoms with van der Waals surface area (Å²) in [6.07, 6.45) is 3.93. The Kier molecular flexibility index (Phi) is 5.70. The summed E-state index contributed by atoms with van der Waals surface area (Å²) >= 11 is 1.67. The molecule has 1 saturated heterocycles. The summed E-state index contributed by atoms with van der Waals surface area (Å²) in [7, 11) is 1.92. The largest absolute Gasteiger partial charge is 0.385 e. The second kappa shape index (κ2) is 8.80. The van der Waals surface area contributed by atoms with E-state index >= 15 is 0 Å². The minimum absolute atomic E-state index is 0.131. The highest BCUT2D eigenvalue weighted by Crippen LogP contribution is 2.45. The Bertz CT molecular complexity index is 1520. The van der Waals surface area contributed by atoms with Gasteiger partial charge in [-0.1, -0.05) is 35.5 Å². The molecule has 0 saturated carbocycles. The second-order valence-corrected chi connectivity index (χ2v) is 11.3. The number of benzene rings is 1. The number of nitrogens with zero attached hydrogens (tertiary/aromatic N) is 5. The first-order valence-electron chi connectivity index (χ1n) is 12.5. The zero-order chi connectivity index (χ0) is 25.0. The van der Waals surface area contributed by atoms with Crippen molar-refractivity contribution >= 4 is 32.6 Å². The molecule has 5 heterocycles. The number of hydrogen-bond donors (Lipinski definition) is 1. The maximum absolute atomic E-state index is 10.9. The highest BCUT2D eigenvalue weighted by molar-refractivity contribution is 7.19. The molecule has 1 unspecified atom stereocenters. The van der Waals surface area contributed by atoms with Gasteiger partial charge in [0.1, 0.15) is 4.83 Å². The molecule has 0 radical (unpaired) electrons.